The fraction of sp³-hybridized carbons (Fsp3) is 0.408. The van der Waals surface area contributed by atoms with Crippen LogP contribution in [0.15, 0.2) is 78.9 Å². The topological polar surface area (TPSA) is 157 Å². The highest BCUT2D eigenvalue weighted by Gasteiger charge is 2.41. The molecule has 1 unspecified atom stereocenters. The molecule has 0 spiro atoms. The van der Waals surface area contributed by atoms with Crippen LogP contribution in [0.2, 0.25) is 0 Å². The number of carbonyl (C=O) groups excluding carboxylic acids is 4. The maximum Gasteiger partial charge on any atom is 0.329 e. The molecule has 0 bridgehead atoms. The monoisotopic (exact) mass is 925 g/mol. The Bertz CT molecular complexity index is 2430. The fourth-order valence-corrected chi connectivity index (χ4v) is 9.34. The first-order valence-corrected chi connectivity index (χ1v) is 23.7. The number of rotatable bonds is 14. The van der Waals surface area contributed by atoms with E-state index in [0.717, 1.165) is 42.7 Å². The average molecular weight is 926 g/mol. The van der Waals surface area contributed by atoms with E-state index in [2.05, 4.69) is 15.5 Å². The van der Waals surface area contributed by atoms with Gasteiger partial charge in [-0.3, -0.25) is 39.8 Å². The molecule has 350 valence electrons. The van der Waals surface area contributed by atoms with Gasteiger partial charge in [-0.1, -0.05) is 18.2 Å². The van der Waals surface area contributed by atoms with Crippen molar-refractivity contribution in [1.29, 1.82) is 5.41 Å². The number of nitrogens with one attached hydrogen (secondary N) is 3. The van der Waals surface area contributed by atoms with Crippen molar-refractivity contribution >= 4 is 52.7 Å². The minimum Gasteiger partial charge on any atom is -0.493 e. The fourth-order valence-electron chi connectivity index (χ4n) is 8.69. The SMILES string of the molecule is CCOc1cc(C(CSC)N2C(=O)c3ccc(N4CCCCC4)cc3C2=O)ccc1OC.CNc1cc(Oc2ccc(CN3CCCC(F)(F)C3)cc2)ccc1C(=N)N1CCC(=O)NC1=O. The number of amidine groups is 1. The second kappa shape index (κ2) is 21.4. The summed E-state index contributed by atoms with van der Waals surface area (Å²) in [6.07, 6.45) is 6.13. The molecule has 4 aliphatic rings. The number of alkyl halides is 2. The number of fused-ring (bicyclic) bond motifs is 1. The van der Waals surface area contributed by atoms with E-state index in [1.807, 2.05) is 61.7 Å². The first-order chi connectivity index (χ1) is 31.8. The quantitative estimate of drug-likeness (QED) is 0.0631. The molecule has 0 saturated carbocycles. The Hall–Kier alpha value is -6.20. The molecule has 4 aliphatic heterocycles. The van der Waals surface area contributed by atoms with E-state index in [1.165, 1.54) is 16.2 Å². The number of methoxy groups -OCH3 is 1. The maximum atomic E-state index is 13.6. The number of anilines is 2. The summed E-state index contributed by atoms with van der Waals surface area (Å²) < 4.78 is 44.3. The number of nitrogens with zero attached hydrogens (tertiary/aromatic N) is 4. The van der Waals surface area contributed by atoms with Crippen LogP contribution in [0, 0.1) is 5.41 Å². The zero-order chi connectivity index (χ0) is 47.0. The number of amides is 5. The van der Waals surface area contributed by atoms with Crippen molar-refractivity contribution in [2.45, 2.75) is 64.0 Å². The van der Waals surface area contributed by atoms with Gasteiger partial charge in [0.15, 0.2) is 11.5 Å². The van der Waals surface area contributed by atoms with Crippen LogP contribution < -0.4 is 29.7 Å². The van der Waals surface area contributed by atoms with Crippen molar-refractivity contribution in [3.8, 4) is 23.0 Å². The van der Waals surface area contributed by atoms with Crippen LogP contribution in [0.5, 0.6) is 23.0 Å². The summed E-state index contributed by atoms with van der Waals surface area (Å²) in [6.45, 7) is 5.46. The van der Waals surface area contributed by atoms with E-state index in [-0.39, 0.29) is 55.5 Å². The lowest BCUT2D eigenvalue weighted by molar-refractivity contribution is -0.121. The van der Waals surface area contributed by atoms with Crippen molar-refractivity contribution < 1.29 is 42.2 Å². The molecule has 0 aliphatic carbocycles. The molecular formula is C49H57F2N7O7S. The van der Waals surface area contributed by atoms with Gasteiger partial charge < -0.3 is 24.4 Å². The lowest BCUT2D eigenvalue weighted by Gasteiger charge is -2.32. The maximum absolute atomic E-state index is 13.6. The first-order valence-electron chi connectivity index (χ1n) is 22.3. The largest absolute Gasteiger partial charge is 0.493 e. The summed E-state index contributed by atoms with van der Waals surface area (Å²) in [5, 5.41) is 13.7. The van der Waals surface area contributed by atoms with Crippen LogP contribution in [0.1, 0.15) is 88.9 Å². The Balaban J connectivity index is 0.000000197. The molecular weight excluding hydrogens is 869 g/mol. The zero-order valence-electron chi connectivity index (χ0n) is 37.8. The highest BCUT2D eigenvalue weighted by atomic mass is 32.2. The van der Waals surface area contributed by atoms with E-state index in [4.69, 9.17) is 19.6 Å². The van der Waals surface area contributed by atoms with Crippen LogP contribution in [0.25, 0.3) is 0 Å². The molecule has 3 fully saturated rings. The molecule has 4 aromatic rings. The highest BCUT2D eigenvalue weighted by molar-refractivity contribution is 7.98. The van der Waals surface area contributed by atoms with Crippen molar-refractivity contribution in [3.63, 3.8) is 0 Å². The smallest absolute Gasteiger partial charge is 0.329 e. The number of halogens is 2. The number of hydrogen-bond acceptors (Lipinski definition) is 12. The third-order valence-corrected chi connectivity index (χ3v) is 12.7. The zero-order valence-corrected chi connectivity index (χ0v) is 38.6. The van der Waals surface area contributed by atoms with Gasteiger partial charge in [0.2, 0.25) is 5.91 Å². The third-order valence-electron chi connectivity index (χ3n) is 12.0. The molecule has 4 heterocycles. The van der Waals surface area contributed by atoms with Crippen LogP contribution in [0.4, 0.5) is 25.0 Å². The Labute approximate surface area is 388 Å². The number of imide groups is 2. The molecule has 17 heteroatoms. The van der Waals surface area contributed by atoms with Crippen molar-refractivity contribution in [2.24, 2.45) is 0 Å². The van der Waals surface area contributed by atoms with Gasteiger partial charge in [-0.15, -0.1) is 0 Å². The molecule has 1 atom stereocenters. The lowest BCUT2D eigenvalue weighted by Crippen LogP contribution is -2.51. The molecule has 4 aromatic carbocycles. The second-order valence-corrected chi connectivity index (χ2v) is 17.5. The van der Waals surface area contributed by atoms with Gasteiger partial charge in [0.1, 0.15) is 17.3 Å². The minimum absolute atomic E-state index is 0.0199. The van der Waals surface area contributed by atoms with Crippen LogP contribution >= 0.6 is 11.8 Å². The van der Waals surface area contributed by atoms with Gasteiger partial charge in [-0.25, -0.2) is 13.6 Å². The number of piperidine rings is 2. The van der Waals surface area contributed by atoms with Crippen molar-refractivity contribution in [2.75, 3.05) is 75.7 Å². The summed E-state index contributed by atoms with van der Waals surface area (Å²) in [5.41, 5.74) is 4.89. The van der Waals surface area contributed by atoms with Crippen molar-refractivity contribution in [3.05, 3.63) is 107 Å². The van der Waals surface area contributed by atoms with Crippen molar-refractivity contribution in [1.82, 2.24) is 20.0 Å². The third kappa shape index (κ3) is 11.1. The highest BCUT2D eigenvalue weighted by Crippen LogP contribution is 2.39. The van der Waals surface area contributed by atoms with Gasteiger partial charge in [0.25, 0.3) is 17.7 Å². The van der Waals surface area contributed by atoms with Gasteiger partial charge >= 0.3 is 6.03 Å². The van der Waals surface area contributed by atoms with Gasteiger partial charge in [-0.2, -0.15) is 11.8 Å². The average Bonchev–Trinajstić information content (AvgIpc) is 3.56. The van der Waals surface area contributed by atoms with Gasteiger partial charge in [0.05, 0.1) is 37.4 Å². The molecule has 14 nitrogen and oxygen atoms in total. The number of hydrogen-bond donors (Lipinski definition) is 3. The van der Waals surface area contributed by atoms with E-state index in [1.54, 1.807) is 61.2 Å². The summed E-state index contributed by atoms with van der Waals surface area (Å²) in [6, 6.07) is 22.7. The van der Waals surface area contributed by atoms with Crippen LogP contribution in [-0.4, -0.2) is 116 Å². The van der Waals surface area contributed by atoms with Crippen LogP contribution in [-0.2, 0) is 11.3 Å². The second-order valence-electron chi connectivity index (χ2n) is 16.5. The molecule has 66 heavy (non-hydrogen) atoms. The number of likely N-dealkylation sites (tertiary alicyclic amines) is 1. The molecule has 3 N–H and O–H groups in total. The summed E-state index contributed by atoms with van der Waals surface area (Å²) in [7, 11) is 3.30. The summed E-state index contributed by atoms with van der Waals surface area (Å²) in [4.78, 5) is 57.0. The number of carbonyl (C=O) groups is 4. The summed E-state index contributed by atoms with van der Waals surface area (Å²) in [5.74, 6) is -0.490. The van der Waals surface area contributed by atoms with E-state index in [0.29, 0.717) is 77.2 Å². The minimum atomic E-state index is -2.62. The Morgan fingerprint density at radius 3 is 2.29 bits per heavy atom. The number of thioether (sulfide) groups is 1. The first kappa shape index (κ1) is 47.8. The van der Waals surface area contributed by atoms with E-state index < -0.39 is 12.0 Å². The molecule has 8 rings (SSSR count). The Morgan fingerprint density at radius 1 is 0.864 bits per heavy atom. The predicted octanol–water partition coefficient (Wildman–Crippen LogP) is 8.80. The number of ether oxygens (including phenoxy) is 3. The number of benzene rings is 4. The molecule has 3 saturated heterocycles. The van der Waals surface area contributed by atoms with E-state index >= 15 is 0 Å². The lowest BCUT2D eigenvalue weighted by atomic mass is 10.1. The standard InChI is InChI=1S/C25H30N2O4S.C24H27F2N5O3/c1-4-31-23-14-17(8-11-22(23)30-2)21(16-32-3)27-24(28)19-10-9-18(15-20(19)25(27)29)26-12-6-5-7-13-26;1-28-20-13-18(7-8-19(20)22(27)31-12-9-21(32)29-23(31)33)34-17-5-3-16(4-6-17)14-30-11-2-10-24(25,26)15-30/h8-11,14-15,21H,4-7,12-13,16H2,1-3H3;3-8,13,27-28H,2,9-12,14-15H2,1H3,(H,29,32,33). The van der Waals surface area contributed by atoms with Gasteiger partial charge in [-0.05, 0) is 111 Å². The Kier molecular flexibility index (Phi) is 15.5. The normalized spacial score (nSPS) is 17.6. The molecule has 0 radical (unpaired) electrons. The summed E-state index contributed by atoms with van der Waals surface area (Å²) >= 11 is 1.60. The number of urea groups is 1. The van der Waals surface area contributed by atoms with Gasteiger partial charge in [0, 0.05) is 74.8 Å². The Morgan fingerprint density at radius 2 is 1.61 bits per heavy atom. The van der Waals surface area contributed by atoms with E-state index in [9.17, 15) is 28.0 Å². The molecule has 5 amide bonds. The predicted molar refractivity (Wildman–Crippen MR) is 252 cm³/mol. The van der Waals surface area contributed by atoms with Crippen LogP contribution in [0.3, 0.4) is 0 Å². The molecule has 0 aromatic heterocycles.